The number of rotatable bonds is 2. The zero-order valence-corrected chi connectivity index (χ0v) is 9.48. The molecule has 1 rings (SSSR count). The molecule has 0 spiro atoms. The first kappa shape index (κ1) is 10.2. The van der Waals surface area contributed by atoms with Crippen molar-refractivity contribution in [1.29, 1.82) is 0 Å². The van der Waals surface area contributed by atoms with Crippen LogP contribution in [0.4, 0.5) is 10.2 Å². The maximum atomic E-state index is 13.4. The quantitative estimate of drug-likeness (QED) is 0.579. The number of hydrogen-bond acceptors (Lipinski definition) is 2. The van der Waals surface area contributed by atoms with Crippen molar-refractivity contribution in [1.82, 2.24) is 4.98 Å². The van der Waals surface area contributed by atoms with Crippen molar-refractivity contribution < 1.29 is 4.39 Å². The fourth-order valence-corrected chi connectivity index (χ4v) is 2.39. The van der Waals surface area contributed by atoms with Gasteiger partial charge in [0.1, 0.15) is 5.82 Å². The van der Waals surface area contributed by atoms with Gasteiger partial charge >= 0.3 is 0 Å². The number of halogens is 1. The number of pyridine rings is 1. The molecule has 0 aliphatic rings. The van der Waals surface area contributed by atoms with Crippen LogP contribution in [-0.2, 0) is 0 Å². The molecular weight excluding hydrogens is 183 g/mol. The summed E-state index contributed by atoms with van der Waals surface area (Å²) >= 11 is 0. The Morgan fingerprint density at radius 2 is 1.92 bits per heavy atom. The molecular formula is C9H15FN2Si. The smallest absolute Gasteiger partial charge is 0.213 e. The number of aromatic nitrogens is 1. The summed E-state index contributed by atoms with van der Waals surface area (Å²) in [5.41, 5.74) is 0. The van der Waals surface area contributed by atoms with Crippen molar-refractivity contribution in [3.05, 3.63) is 18.1 Å². The summed E-state index contributed by atoms with van der Waals surface area (Å²) in [6.07, 6.45) is 0. The summed E-state index contributed by atoms with van der Waals surface area (Å²) in [4.78, 5) is 3.82. The molecule has 13 heavy (non-hydrogen) atoms. The summed E-state index contributed by atoms with van der Waals surface area (Å²) in [7, 11) is 0.153. The van der Waals surface area contributed by atoms with Gasteiger partial charge < -0.3 is 5.32 Å². The Morgan fingerprint density at radius 1 is 1.31 bits per heavy atom. The maximum absolute atomic E-state index is 13.4. The second-order valence-corrected chi connectivity index (χ2v) is 9.07. The van der Waals surface area contributed by atoms with E-state index in [4.69, 9.17) is 0 Å². The molecule has 1 N–H and O–H groups in total. The van der Waals surface area contributed by atoms with E-state index in [0.717, 1.165) is 5.19 Å². The van der Waals surface area contributed by atoms with E-state index in [1.807, 2.05) is 12.1 Å². The predicted octanol–water partition coefficient (Wildman–Crippen LogP) is 1.81. The molecule has 0 aliphatic carbocycles. The lowest BCUT2D eigenvalue weighted by Crippen LogP contribution is -2.40. The molecule has 1 aromatic heterocycles. The molecule has 0 radical (unpaired) electrons. The highest BCUT2D eigenvalue weighted by Crippen LogP contribution is 2.07. The molecule has 0 amide bonds. The fraction of sp³-hybridized carbons (Fsp3) is 0.444. The Labute approximate surface area is 79.2 Å². The van der Waals surface area contributed by atoms with E-state index in [-0.39, 0.29) is 5.95 Å². The fourth-order valence-electron chi connectivity index (χ4n) is 1.13. The van der Waals surface area contributed by atoms with E-state index in [1.54, 1.807) is 7.05 Å². The summed E-state index contributed by atoms with van der Waals surface area (Å²) in [5.74, 6) is 0.255. The topological polar surface area (TPSA) is 24.9 Å². The second kappa shape index (κ2) is 3.45. The highest BCUT2D eigenvalue weighted by atomic mass is 28.3. The van der Waals surface area contributed by atoms with Crippen molar-refractivity contribution in [3.63, 3.8) is 0 Å². The van der Waals surface area contributed by atoms with Crippen LogP contribution >= 0.6 is 0 Å². The molecule has 1 aromatic rings. The Balaban J connectivity index is 3.13. The van der Waals surface area contributed by atoms with Gasteiger partial charge in [-0.3, -0.25) is 0 Å². The maximum Gasteiger partial charge on any atom is 0.213 e. The average molecular weight is 198 g/mol. The zero-order chi connectivity index (χ0) is 10.1. The van der Waals surface area contributed by atoms with Crippen LogP contribution in [0.25, 0.3) is 0 Å². The molecule has 0 aliphatic heterocycles. The number of nitrogens with one attached hydrogen (secondary N) is 1. The van der Waals surface area contributed by atoms with E-state index in [9.17, 15) is 4.39 Å². The normalized spacial score (nSPS) is 11.5. The molecule has 0 saturated heterocycles. The summed E-state index contributed by atoms with van der Waals surface area (Å²) in [5, 5.41) is 3.59. The molecule has 4 heteroatoms. The Bertz CT molecular complexity index is 307. The predicted molar refractivity (Wildman–Crippen MR) is 56.7 cm³/mol. The highest BCUT2D eigenvalue weighted by molar-refractivity contribution is 6.88. The first-order chi connectivity index (χ1) is 5.95. The van der Waals surface area contributed by atoms with Gasteiger partial charge in [-0.1, -0.05) is 25.7 Å². The molecule has 0 atom stereocenters. The van der Waals surface area contributed by atoms with Crippen molar-refractivity contribution in [2.45, 2.75) is 19.6 Å². The monoisotopic (exact) mass is 198 g/mol. The lowest BCUT2D eigenvalue weighted by atomic mass is 10.4. The van der Waals surface area contributed by atoms with Crippen LogP contribution in [0.1, 0.15) is 0 Å². The first-order valence-corrected chi connectivity index (χ1v) is 7.80. The number of hydrogen-bond donors (Lipinski definition) is 1. The van der Waals surface area contributed by atoms with Gasteiger partial charge in [0.15, 0.2) is 0 Å². The Kier molecular flexibility index (Phi) is 2.70. The standard InChI is InChI=1S/C9H15FN2Si/c1-11-8-6-5-7(9(10)12-8)13(2,3)4/h5-6H,1-4H3,(H,11,12). The summed E-state index contributed by atoms with van der Waals surface area (Å²) in [6, 6.07) is 3.65. The van der Waals surface area contributed by atoms with Gasteiger partial charge in [-0.05, 0) is 11.3 Å². The lowest BCUT2D eigenvalue weighted by Gasteiger charge is -2.16. The van der Waals surface area contributed by atoms with E-state index in [2.05, 4.69) is 29.9 Å². The van der Waals surface area contributed by atoms with Gasteiger partial charge in [-0.25, -0.2) is 4.98 Å². The molecule has 2 nitrogen and oxygen atoms in total. The Hall–Kier alpha value is -0.903. The largest absolute Gasteiger partial charge is 0.373 e. The van der Waals surface area contributed by atoms with Crippen molar-refractivity contribution in [3.8, 4) is 0 Å². The number of anilines is 1. The van der Waals surface area contributed by atoms with E-state index in [1.165, 1.54) is 0 Å². The lowest BCUT2D eigenvalue weighted by molar-refractivity contribution is 0.593. The van der Waals surface area contributed by atoms with Crippen LogP contribution in [0.5, 0.6) is 0 Å². The Morgan fingerprint density at radius 3 is 2.31 bits per heavy atom. The van der Waals surface area contributed by atoms with Gasteiger partial charge in [0, 0.05) is 7.05 Å². The van der Waals surface area contributed by atoms with Crippen LogP contribution in [0.15, 0.2) is 12.1 Å². The SMILES string of the molecule is CNc1ccc([Si](C)(C)C)c(F)n1. The molecule has 0 saturated carbocycles. The molecule has 72 valence electrons. The van der Waals surface area contributed by atoms with Crippen molar-refractivity contribution >= 4 is 19.1 Å². The minimum absolute atomic E-state index is 0.328. The van der Waals surface area contributed by atoms with Gasteiger partial charge in [-0.15, -0.1) is 0 Å². The van der Waals surface area contributed by atoms with Crippen molar-refractivity contribution in [2.24, 2.45) is 0 Å². The third kappa shape index (κ3) is 2.27. The molecule has 0 fully saturated rings. The summed E-state index contributed by atoms with van der Waals surface area (Å²) < 4.78 is 13.4. The summed E-state index contributed by atoms with van der Waals surface area (Å²) in [6.45, 7) is 6.31. The van der Waals surface area contributed by atoms with E-state index in [0.29, 0.717) is 5.82 Å². The van der Waals surface area contributed by atoms with Crippen LogP contribution in [0, 0.1) is 5.95 Å². The van der Waals surface area contributed by atoms with E-state index >= 15 is 0 Å². The molecule has 0 unspecified atom stereocenters. The van der Waals surface area contributed by atoms with Gasteiger partial charge in [-0.2, -0.15) is 4.39 Å². The first-order valence-electron chi connectivity index (χ1n) is 4.30. The van der Waals surface area contributed by atoms with E-state index < -0.39 is 8.07 Å². The van der Waals surface area contributed by atoms with Crippen LogP contribution in [0.2, 0.25) is 19.6 Å². The average Bonchev–Trinajstić information content (AvgIpc) is 2.01. The van der Waals surface area contributed by atoms with Crippen LogP contribution in [-0.4, -0.2) is 20.1 Å². The third-order valence-corrected chi connectivity index (χ3v) is 3.90. The molecule has 0 aromatic carbocycles. The van der Waals surface area contributed by atoms with Gasteiger partial charge in [0.2, 0.25) is 5.95 Å². The van der Waals surface area contributed by atoms with Gasteiger partial charge in [0.05, 0.1) is 8.07 Å². The van der Waals surface area contributed by atoms with Crippen LogP contribution in [0.3, 0.4) is 0 Å². The highest BCUT2D eigenvalue weighted by Gasteiger charge is 2.21. The third-order valence-electron chi connectivity index (χ3n) is 1.91. The van der Waals surface area contributed by atoms with Crippen LogP contribution < -0.4 is 10.5 Å². The minimum Gasteiger partial charge on any atom is -0.373 e. The molecule has 1 heterocycles. The van der Waals surface area contributed by atoms with Gasteiger partial charge in [0.25, 0.3) is 0 Å². The minimum atomic E-state index is -1.58. The second-order valence-electron chi connectivity index (χ2n) is 4.03. The van der Waals surface area contributed by atoms with Crippen molar-refractivity contribution in [2.75, 3.05) is 12.4 Å². The zero-order valence-electron chi connectivity index (χ0n) is 8.48. The number of nitrogens with zero attached hydrogens (tertiary/aromatic N) is 1. The molecule has 0 bridgehead atoms.